The van der Waals surface area contributed by atoms with Gasteiger partial charge < -0.3 is 10.8 Å². The molecule has 6 nitrogen and oxygen atoms in total. The van der Waals surface area contributed by atoms with Crippen LogP contribution in [0, 0.1) is 13.8 Å². The van der Waals surface area contributed by atoms with Gasteiger partial charge in [-0.2, -0.15) is 0 Å². The Balaban J connectivity index is 1.61. The monoisotopic (exact) mass is 470 g/mol. The Bertz CT molecular complexity index is 1830. The van der Waals surface area contributed by atoms with E-state index in [1.165, 1.54) is 0 Å². The van der Waals surface area contributed by atoms with E-state index in [0.717, 1.165) is 49.7 Å². The number of aryl methyl sites for hydroxylation is 2. The maximum absolute atomic E-state index is 10.5. The summed E-state index contributed by atoms with van der Waals surface area (Å²) in [5.74, 6) is 0.0914. The molecule has 6 heteroatoms. The fourth-order valence-electron chi connectivity index (χ4n) is 4.58. The maximum atomic E-state index is 10.5. The van der Waals surface area contributed by atoms with Crippen molar-refractivity contribution in [1.29, 1.82) is 0 Å². The van der Waals surface area contributed by atoms with Gasteiger partial charge in [-0.3, -0.25) is 0 Å². The van der Waals surface area contributed by atoms with Crippen LogP contribution in [0.5, 0.6) is 5.75 Å². The van der Waals surface area contributed by atoms with Crippen molar-refractivity contribution < 1.29 is 9.67 Å². The molecule has 36 heavy (non-hydrogen) atoms. The van der Waals surface area contributed by atoms with Crippen molar-refractivity contribution in [3.63, 3.8) is 0 Å². The van der Waals surface area contributed by atoms with E-state index in [9.17, 15) is 5.11 Å². The van der Waals surface area contributed by atoms with Crippen LogP contribution in [0.15, 0.2) is 101 Å². The molecule has 0 saturated heterocycles. The molecule has 0 fully saturated rings. The summed E-state index contributed by atoms with van der Waals surface area (Å²) in [6.07, 6.45) is 0. The van der Waals surface area contributed by atoms with Gasteiger partial charge in [0.15, 0.2) is 0 Å². The van der Waals surface area contributed by atoms with E-state index in [4.69, 9.17) is 10.7 Å². The standard InChI is InChI=1S/C30H23N5O/c1-18-14-25-27(16-23(18)31)35(21-9-4-3-5-10-21)28-17-24(19(2)15-26(28)32-25)33-34-30-22-11-7-6-8-20(22)12-13-29(30)36/h3-17H,1-2H3,(H2,31,33,36)/p+1. The number of phenols is 1. The number of anilines is 1. The van der Waals surface area contributed by atoms with Gasteiger partial charge in [-0.1, -0.05) is 48.5 Å². The van der Waals surface area contributed by atoms with Crippen LogP contribution in [0.25, 0.3) is 38.5 Å². The molecular formula is C30H24N5O+. The zero-order valence-corrected chi connectivity index (χ0v) is 20.0. The molecule has 1 heterocycles. The first-order valence-corrected chi connectivity index (χ1v) is 11.7. The molecule has 3 N–H and O–H groups in total. The fraction of sp³-hybridized carbons (Fsp3) is 0.0667. The Morgan fingerprint density at radius 2 is 1.44 bits per heavy atom. The van der Waals surface area contributed by atoms with E-state index in [-0.39, 0.29) is 5.75 Å². The number of fused-ring (bicyclic) bond motifs is 3. The van der Waals surface area contributed by atoms with Crippen LogP contribution in [0.1, 0.15) is 11.1 Å². The molecule has 0 unspecified atom stereocenters. The van der Waals surface area contributed by atoms with E-state index >= 15 is 0 Å². The van der Waals surface area contributed by atoms with Crippen molar-refractivity contribution in [1.82, 2.24) is 4.98 Å². The summed E-state index contributed by atoms with van der Waals surface area (Å²) in [5, 5.41) is 21.4. The molecule has 0 amide bonds. The van der Waals surface area contributed by atoms with E-state index < -0.39 is 0 Å². The zero-order valence-electron chi connectivity index (χ0n) is 20.0. The summed E-state index contributed by atoms with van der Waals surface area (Å²) < 4.78 is 2.15. The molecule has 6 aromatic rings. The van der Waals surface area contributed by atoms with Crippen LogP contribution in [-0.2, 0) is 0 Å². The quantitative estimate of drug-likeness (QED) is 0.125. The lowest BCUT2D eigenvalue weighted by atomic mass is 10.1. The lowest BCUT2D eigenvalue weighted by molar-refractivity contribution is -0.538. The molecule has 6 rings (SSSR count). The molecule has 0 spiro atoms. The van der Waals surface area contributed by atoms with Gasteiger partial charge in [0.1, 0.15) is 22.5 Å². The van der Waals surface area contributed by atoms with Crippen LogP contribution in [0.3, 0.4) is 0 Å². The number of rotatable bonds is 3. The Hall–Kier alpha value is -4.84. The van der Waals surface area contributed by atoms with Crippen molar-refractivity contribution in [3.05, 3.63) is 102 Å². The summed E-state index contributed by atoms with van der Waals surface area (Å²) in [7, 11) is 0. The molecule has 0 aliphatic carbocycles. The second-order valence-corrected chi connectivity index (χ2v) is 8.96. The number of nitrogens with zero attached hydrogens (tertiary/aromatic N) is 4. The molecule has 174 valence electrons. The third-order valence-electron chi connectivity index (χ3n) is 6.53. The van der Waals surface area contributed by atoms with Crippen LogP contribution < -0.4 is 10.3 Å². The lowest BCUT2D eigenvalue weighted by Crippen LogP contribution is -2.33. The maximum Gasteiger partial charge on any atom is 0.239 e. The molecule has 1 aromatic heterocycles. The first-order chi connectivity index (χ1) is 17.5. The fourth-order valence-corrected chi connectivity index (χ4v) is 4.58. The van der Waals surface area contributed by atoms with Gasteiger partial charge in [0.25, 0.3) is 0 Å². The van der Waals surface area contributed by atoms with E-state index in [0.29, 0.717) is 17.1 Å². The van der Waals surface area contributed by atoms with E-state index in [1.54, 1.807) is 6.07 Å². The van der Waals surface area contributed by atoms with Crippen molar-refractivity contribution in [3.8, 4) is 11.4 Å². The molecule has 5 aromatic carbocycles. The summed E-state index contributed by atoms with van der Waals surface area (Å²) in [5.41, 5.74) is 14.6. The van der Waals surface area contributed by atoms with Crippen molar-refractivity contribution >= 4 is 49.9 Å². The highest BCUT2D eigenvalue weighted by Gasteiger charge is 2.22. The van der Waals surface area contributed by atoms with Gasteiger partial charge in [0, 0.05) is 35.3 Å². The van der Waals surface area contributed by atoms with Gasteiger partial charge in [0.2, 0.25) is 16.7 Å². The van der Waals surface area contributed by atoms with E-state index in [2.05, 4.69) is 26.9 Å². The average molecular weight is 471 g/mol. The molecule has 0 aliphatic rings. The number of azo groups is 1. The normalized spacial score (nSPS) is 11.7. The number of benzene rings is 5. The molecular weight excluding hydrogens is 446 g/mol. The first-order valence-electron chi connectivity index (χ1n) is 11.7. The van der Waals surface area contributed by atoms with Gasteiger partial charge in [-0.25, -0.2) is 4.98 Å². The Labute approximate surface area is 208 Å². The summed E-state index contributed by atoms with van der Waals surface area (Å²) in [6, 6.07) is 29.5. The summed E-state index contributed by atoms with van der Waals surface area (Å²) in [4.78, 5) is 4.95. The van der Waals surface area contributed by atoms with Crippen molar-refractivity contribution in [2.45, 2.75) is 13.8 Å². The highest BCUT2D eigenvalue weighted by molar-refractivity contribution is 5.95. The smallest absolute Gasteiger partial charge is 0.239 e. The second kappa shape index (κ2) is 8.43. The molecule has 0 bridgehead atoms. The van der Waals surface area contributed by atoms with Gasteiger partial charge in [0.05, 0.1) is 5.69 Å². The average Bonchev–Trinajstić information content (AvgIpc) is 2.88. The third-order valence-corrected chi connectivity index (χ3v) is 6.53. The molecule has 0 atom stereocenters. The number of para-hydroxylation sites is 1. The van der Waals surface area contributed by atoms with Crippen LogP contribution in [0.4, 0.5) is 17.1 Å². The van der Waals surface area contributed by atoms with Gasteiger partial charge in [-0.05, 0) is 48.6 Å². The zero-order chi connectivity index (χ0) is 24.8. The number of hydrogen-bond donors (Lipinski definition) is 2. The number of hydrogen-bond acceptors (Lipinski definition) is 5. The minimum Gasteiger partial charge on any atom is -0.506 e. The highest BCUT2D eigenvalue weighted by Crippen LogP contribution is 2.37. The third kappa shape index (κ3) is 3.60. The number of aromatic nitrogens is 2. The summed E-state index contributed by atoms with van der Waals surface area (Å²) in [6.45, 7) is 3.98. The number of nitrogen functional groups attached to an aromatic ring is 1. The van der Waals surface area contributed by atoms with Gasteiger partial charge in [-0.15, -0.1) is 14.8 Å². The Morgan fingerprint density at radius 1 is 0.750 bits per heavy atom. The van der Waals surface area contributed by atoms with Crippen molar-refractivity contribution in [2.24, 2.45) is 10.2 Å². The minimum atomic E-state index is 0.0914. The molecule has 0 radical (unpaired) electrons. The summed E-state index contributed by atoms with van der Waals surface area (Å²) >= 11 is 0. The van der Waals surface area contributed by atoms with Crippen LogP contribution in [-0.4, -0.2) is 10.1 Å². The van der Waals surface area contributed by atoms with E-state index in [1.807, 2.05) is 86.6 Å². The second-order valence-electron chi connectivity index (χ2n) is 8.96. The van der Waals surface area contributed by atoms with Crippen LogP contribution >= 0.6 is 0 Å². The van der Waals surface area contributed by atoms with Crippen molar-refractivity contribution in [2.75, 3.05) is 5.73 Å². The lowest BCUT2D eigenvalue weighted by Gasteiger charge is -2.09. The topological polar surface area (TPSA) is 87.7 Å². The van der Waals surface area contributed by atoms with Crippen LogP contribution in [0.2, 0.25) is 0 Å². The minimum absolute atomic E-state index is 0.0914. The molecule has 0 aliphatic heterocycles. The predicted molar refractivity (Wildman–Crippen MR) is 144 cm³/mol. The Kier molecular flexibility index (Phi) is 5.08. The Morgan fingerprint density at radius 3 is 2.25 bits per heavy atom. The SMILES string of the molecule is Cc1cc2nc3cc(C)c(N=Nc4c(O)ccc5ccccc45)cc3[n+](-c3ccccc3)c2cc1N. The van der Waals surface area contributed by atoms with Gasteiger partial charge >= 0.3 is 0 Å². The molecule has 0 saturated carbocycles. The number of phenolic OH excluding ortho intramolecular Hbond substituents is 1. The largest absolute Gasteiger partial charge is 0.506 e. The number of nitrogens with two attached hydrogens (primary N) is 1. The number of aromatic hydroxyl groups is 1. The first kappa shape index (κ1) is 21.7. The predicted octanol–water partition coefficient (Wildman–Crippen LogP) is 7.14. The highest BCUT2D eigenvalue weighted by atomic mass is 16.3.